The molecule has 0 N–H and O–H groups in total. The predicted molar refractivity (Wildman–Crippen MR) is 291 cm³/mol. The molecular weight excluding hydrogens is 853 g/mol. The van der Waals surface area contributed by atoms with E-state index in [-0.39, 0.29) is 0 Å². The Hall–Kier alpha value is -9.45. The molecule has 0 aliphatic heterocycles. The summed E-state index contributed by atoms with van der Waals surface area (Å²) >= 11 is 0. The van der Waals surface area contributed by atoms with E-state index < -0.39 is 0 Å². The van der Waals surface area contributed by atoms with Crippen molar-refractivity contribution in [3.05, 3.63) is 231 Å². The van der Waals surface area contributed by atoms with Gasteiger partial charge in [0.05, 0.1) is 16.7 Å². The molecule has 3 heterocycles. The molecule has 3 aromatic heterocycles. The zero-order chi connectivity index (χ0) is 45.9. The molecule has 15 rings (SSSR count). The summed E-state index contributed by atoms with van der Waals surface area (Å²) in [5.41, 5.74) is 9.79. The Balaban J connectivity index is 1.02. The van der Waals surface area contributed by atoms with Crippen LogP contribution in [0.4, 0.5) is 0 Å². The van der Waals surface area contributed by atoms with Crippen LogP contribution in [0.3, 0.4) is 0 Å². The first-order valence-electron chi connectivity index (χ1n) is 23.8. The van der Waals surface area contributed by atoms with Gasteiger partial charge in [-0.15, -0.1) is 0 Å². The van der Waals surface area contributed by atoms with Crippen molar-refractivity contribution in [2.75, 3.05) is 0 Å². The molecule has 15 aromatic rings. The third-order valence-corrected chi connectivity index (χ3v) is 14.4. The summed E-state index contributed by atoms with van der Waals surface area (Å²) in [5.74, 6) is 1.80. The molecule has 0 fully saturated rings. The zero-order valence-corrected chi connectivity index (χ0v) is 37.6. The molecule has 12 aromatic carbocycles. The van der Waals surface area contributed by atoms with Gasteiger partial charge in [0.15, 0.2) is 17.5 Å². The van der Waals surface area contributed by atoms with Crippen LogP contribution in [0.25, 0.3) is 149 Å². The van der Waals surface area contributed by atoms with Crippen LogP contribution in [0.1, 0.15) is 0 Å². The summed E-state index contributed by atoms with van der Waals surface area (Å²) in [6, 6.07) is 82.3. The van der Waals surface area contributed by atoms with Gasteiger partial charge in [-0.3, -0.25) is 0 Å². The lowest BCUT2D eigenvalue weighted by Crippen LogP contribution is -2.02. The molecule has 0 spiro atoms. The van der Waals surface area contributed by atoms with Crippen molar-refractivity contribution in [1.82, 2.24) is 19.5 Å². The van der Waals surface area contributed by atoms with E-state index in [0.717, 1.165) is 82.6 Å². The summed E-state index contributed by atoms with van der Waals surface area (Å²) in [7, 11) is 0. The highest BCUT2D eigenvalue weighted by atomic mass is 16.3. The van der Waals surface area contributed by atoms with E-state index in [1.807, 2.05) is 18.2 Å². The summed E-state index contributed by atoms with van der Waals surface area (Å²) in [6.07, 6.45) is 0. The number of aromatic nitrogens is 4. The lowest BCUT2D eigenvalue weighted by Gasteiger charge is -2.17. The number of nitrogens with zero attached hydrogens (tertiary/aromatic N) is 4. The van der Waals surface area contributed by atoms with Crippen LogP contribution >= 0.6 is 0 Å². The number of hydrogen-bond donors (Lipinski definition) is 0. The van der Waals surface area contributed by atoms with E-state index in [0.29, 0.717) is 17.5 Å². The first-order valence-corrected chi connectivity index (χ1v) is 23.8. The van der Waals surface area contributed by atoms with Crippen molar-refractivity contribution >= 4 is 97.6 Å². The number of hydrogen-bond acceptors (Lipinski definition) is 4. The van der Waals surface area contributed by atoms with Crippen LogP contribution in [0, 0.1) is 0 Å². The second-order valence-corrected chi connectivity index (χ2v) is 18.3. The molecule has 0 aliphatic rings. The van der Waals surface area contributed by atoms with Gasteiger partial charge in [0.2, 0.25) is 0 Å². The van der Waals surface area contributed by atoms with Crippen molar-refractivity contribution in [3.63, 3.8) is 0 Å². The third-order valence-electron chi connectivity index (χ3n) is 14.4. The van der Waals surface area contributed by atoms with Crippen molar-refractivity contribution < 1.29 is 4.42 Å². The van der Waals surface area contributed by atoms with Crippen molar-refractivity contribution in [1.29, 1.82) is 0 Å². The van der Waals surface area contributed by atoms with Gasteiger partial charge < -0.3 is 8.98 Å². The minimum Gasteiger partial charge on any atom is -0.456 e. The molecule has 5 nitrogen and oxygen atoms in total. The molecule has 0 atom stereocenters. The SMILES string of the molecule is c1ccc(-c2nc(-c3ccc(-n4c5ccccc5c5cc6ccccc6cc54)c(-c4cccc5oc6ccc7ccccc7c6c45)c3)nc(-c3ccc4c5ccccc5c5ccccc5c4c3)n2)cc1. The highest BCUT2D eigenvalue weighted by Crippen LogP contribution is 2.45. The topological polar surface area (TPSA) is 56.7 Å². The fourth-order valence-electron chi connectivity index (χ4n) is 11.2. The van der Waals surface area contributed by atoms with Gasteiger partial charge in [-0.1, -0.05) is 176 Å². The molecule has 0 aliphatic carbocycles. The second kappa shape index (κ2) is 15.0. The average molecular weight is 891 g/mol. The molecule has 0 saturated heterocycles. The number of para-hydroxylation sites is 1. The lowest BCUT2D eigenvalue weighted by atomic mass is 9.93. The predicted octanol–water partition coefficient (Wildman–Crippen LogP) is 17.3. The Bertz CT molecular complexity index is 4630. The van der Waals surface area contributed by atoms with Crippen LogP contribution in [-0.4, -0.2) is 19.5 Å². The van der Waals surface area contributed by atoms with E-state index in [2.05, 4.69) is 217 Å². The monoisotopic (exact) mass is 890 g/mol. The number of furan rings is 1. The molecule has 324 valence electrons. The van der Waals surface area contributed by atoms with Gasteiger partial charge in [-0.05, 0) is 114 Å². The van der Waals surface area contributed by atoms with E-state index in [9.17, 15) is 0 Å². The quantitative estimate of drug-likeness (QED) is 0.162. The van der Waals surface area contributed by atoms with E-state index in [1.165, 1.54) is 48.5 Å². The van der Waals surface area contributed by atoms with E-state index in [1.54, 1.807) is 0 Å². The Morgan fingerprint density at radius 3 is 1.59 bits per heavy atom. The summed E-state index contributed by atoms with van der Waals surface area (Å²) in [4.78, 5) is 16.0. The number of benzene rings is 12. The molecule has 0 radical (unpaired) electrons. The van der Waals surface area contributed by atoms with Crippen LogP contribution in [0.15, 0.2) is 235 Å². The van der Waals surface area contributed by atoms with Gasteiger partial charge in [-0.2, -0.15) is 0 Å². The largest absolute Gasteiger partial charge is 0.456 e. The molecule has 0 saturated carbocycles. The summed E-state index contributed by atoms with van der Waals surface area (Å²) < 4.78 is 9.16. The smallest absolute Gasteiger partial charge is 0.164 e. The van der Waals surface area contributed by atoms with Crippen molar-refractivity contribution in [2.24, 2.45) is 0 Å². The van der Waals surface area contributed by atoms with E-state index >= 15 is 0 Å². The van der Waals surface area contributed by atoms with Gasteiger partial charge in [0, 0.05) is 43.8 Å². The minimum atomic E-state index is 0.586. The Morgan fingerprint density at radius 1 is 0.286 bits per heavy atom. The van der Waals surface area contributed by atoms with Crippen molar-refractivity contribution in [3.8, 4) is 51.0 Å². The summed E-state index contributed by atoms with van der Waals surface area (Å²) in [6.45, 7) is 0. The third kappa shape index (κ3) is 5.82. The average Bonchev–Trinajstić information content (AvgIpc) is 3.98. The van der Waals surface area contributed by atoms with Gasteiger partial charge in [0.25, 0.3) is 0 Å². The second-order valence-electron chi connectivity index (χ2n) is 18.3. The maximum absolute atomic E-state index is 6.73. The first-order chi connectivity index (χ1) is 34.7. The number of rotatable bonds is 5. The zero-order valence-electron chi connectivity index (χ0n) is 37.6. The molecule has 70 heavy (non-hydrogen) atoms. The molecule has 0 unspecified atom stereocenters. The van der Waals surface area contributed by atoms with Gasteiger partial charge in [0.1, 0.15) is 11.2 Å². The Morgan fingerprint density at radius 2 is 0.843 bits per heavy atom. The van der Waals surface area contributed by atoms with Crippen LogP contribution in [0.5, 0.6) is 0 Å². The summed E-state index contributed by atoms with van der Waals surface area (Å²) in [5, 5.41) is 16.5. The van der Waals surface area contributed by atoms with Gasteiger partial charge in [-0.25, -0.2) is 15.0 Å². The molecular formula is C65H38N4O. The fourth-order valence-corrected chi connectivity index (χ4v) is 11.2. The fraction of sp³-hybridized carbons (Fsp3) is 0. The molecule has 0 bridgehead atoms. The molecule has 0 amide bonds. The van der Waals surface area contributed by atoms with Gasteiger partial charge >= 0.3 is 0 Å². The minimum absolute atomic E-state index is 0.586. The Labute approximate surface area is 401 Å². The highest BCUT2D eigenvalue weighted by Gasteiger charge is 2.23. The first kappa shape index (κ1) is 38.6. The standard InChI is InChI=1S/C65H38N4O/c1-2-16-40(17-3-1)63-66-64(43-29-32-50-48-23-9-8-21-46(48)47-22-10-11-24-49(47)53(50)36-43)68-65(67-63)44-30-33-57(69-56-27-13-12-25-51(56)54-35-41-18-4-5-19-42(41)38-58(54)69)55(37-44)52-26-14-28-59-62(52)61-45-20-7-6-15-39(45)31-34-60(61)70-59/h1-38H. The van der Waals surface area contributed by atoms with E-state index in [4.69, 9.17) is 19.4 Å². The number of fused-ring (bicyclic) bond motifs is 15. The van der Waals surface area contributed by atoms with Crippen LogP contribution in [-0.2, 0) is 0 Å². The van der Waals surface area contributed by atoms with Crippen molar-refractivity contribution in [2.45, 2.75) is 0 Å². The maximum Gasteiger partial charge on any atom is 0.164 e. The molecule has 5 heteroatoms. The van der Waals surface area contributed by atoms with Crippen LogP contribution < -0.4 is 0 Å². The maximum atomic E-state index is 6.73. The lowest BCUT2D eigenvalue weighted by molar-refractivity contribution is 0.669. The highest BCUT2D eigenvalue weighted by molar-refractivity contribution is 6.26. The Kier molecular flexibility index (Phi) is 8.29. The van der Waals surface area contributed by atoms with Crippen LogP contribution in [0.2, 0.25) is 0 Å². The normalized spacial score (nSPS) is 12.0.